The predicted molar refractivity (Wildman–Crippen MR) is 98.1 cm³/mol. The van der Waals surface area contributed by atoms with E-state index in [0.29, 0.717) is 25.1 Å². The molecule has 0 spiro atoms. The zero-order valence-electron chi connectivity index (χ0n) is 14.4. The minimum Gasteiger partial charge on any atom is -0.497 e. The van der Waals surface area contributed by atoms with Crippen LogP contribution < -0.4 is 4.74 Å². The third-order valence-corrected chi connectivity index (χ3v) is 4.71. The van der Waals surface area contributed by atoms with Crippen LogP contribution in [0, 0.1) is 0 Å². The number of hydrogen-bond acceptors (Lipinski definition) is 5. The summed E-state index contributed by atoms with van der Waals surface area (Å²) in [6, 6.07) is 9.56. The zero-order valence-corrected chi connectivity index (χ0v) is 14.4. The van der Waals surface area contributed by atoms with Crippen molar-refractivity contribution in [3.63, 3.8) is 0 Å². The Kier molecular flexibility index (Phi) is 4.26. The van der Waals surface area contributed by atoms with Crippen molar-refractivity contribution >= 4 is 16.8 Å². The van der Waals surface area contributed by atoms with E-state index in [2.05, 4.69) is 9.97 Å². The fraction of sp³-hybridized carbons (Fsp3) is 0.250. The molecule has 6 heteroatoms. The number of hydrogen-bond donors (Lipinski definition) is 1. The number of aliphatic hydroxyl groups is 1. The summed E-state index contributed by atoms with van der Waals surface area (Å²) in [6.07, 6.45) is 5.23. The quantitative estimate of drug-likeness (QED) is 0.786. The van der Waals surface area contributed by atoms with Gasteiger partial charge >= 0.3 is 0 Å². The number of carbonyl (C=O) groups excluding carboxylic acids is 1. The van der Waals surface area contributed by atoms with E-state index in [1.807, 2.05) is 30.3 Å². The summed E-state index contributed by atoms with van der Waals surface area (Å²) < 4.78 is 5.21. The Balaban J connectivity index is 1.75. The number of likely N-dealkylation sites (tertiary alicyclic amines) is 1. The zero-order chi connectivity index (χ0) is 18.1. The molecule has 1 fully saturated rings. The van der Waals surface area contributed by atoms with E-state index >= 15 is 0 Å². The molecule has 1 N–H and O–H groups in total. The van der Waals surface area contributed by atoms with Crippen molar-refractivity contribution in [2.45, 2.75) is 12.5 Å². The van der Waals surface area contributed by atoms with Crippen LogP contribution in [0.2, 0.25) is 0 Å². The molecule has 1 atom stereocenters. The first-order valence-electron chi connectivity index (χ1n) is 8.51. The second-order valence-electron chi connectivity index (χ2n) is 6.40. The Bertz CT molecular complexity index is 956. The number of nitrogens with zero attached hydrogens (tertiary/aromatic N) is 3. The maximum absolute atomic E-state index is 12.7. The lowest BCUT2D eigenvalue weighted by atomic mass is 10.0. The van der Waals surface area contributed by atoms with Crippen LogP contribution in [0.1, 0.15) is 16.8 Å². The standard InChI is InChI=1S/C20H19N3O3/c1-26-16-4-2-13(3-5-16)18-10-21-11-19-17(18)8-14(9-22-19)20(25)23-7-6-15(24)12-23/h2-5,8-11,15,24H,6-7,12H2,1H3. The van der Waals surface area contributed by atoms with Crippen LogP contribution in [0.4, 0.5) is 0 Å². The van der Waals surface area contributed by atoms with Crippen LogP contribution in [-0.2, 0) is 0 Å². The minimum atomic E-state index is -0.438. The van der Waals surface area contributed by atoms with Crippen molar-refractivity contribution in [3.05, 3.63) is 54.5 Å². The highest BCUT2D eigenvalue weighted by Gasteiger charge is 2.25. The molecule has 0 aliphatic carbocycles. The van der Waals surface area contributed by atoms with Gasteiger partial charge in [-0.15, -0.1) is 0 Å². The van der Waals surface area contributed by atoms with Gasteiger partial charge in [0.2, 0.25) is 0 Å². The number of aliphatic hydroxyl groups excluding tert-OH is 1. The molecule has 1 aliphatic heterocycles. The molecule has 0 radical (unpaired) electrons. The van der Waals surface area contributed by atoms with Gasteiger partial charge in [0.05, 0.1) is 30.5 Å². The smallest absolute Gasteiger partial charge is 0.255 e. The van der Waals surface area contributed by atoms with Gasteiger partial charge in [0.25, 0.3) is 5.91 Å². The molecule has 1 unspecified atom stereocenters. The summed E-state index contributed by atoms with van der Waals surface area (Å²) in [5.41, 5.74) is 3.14. The topological polar surface area (TPSA) is 75.6 Å². The summed E-state index contributed by atoms with van der Waals surface area (Å²) in [4.78, 5) is 23.1. The number of rotatable bonds is 3. The lowest BCUT2D eigenvalue weighted by molar-refractivity contribution is 0.0765. The van der Waals surface area contributed by atoms with Gasteiger partial charge < -0.3 is 14.7 Å². The summed E-state index contributed by atoms with van der Waals surface area (Å²) in [7, 11) is 1.63. The fourth-order valence-electron chi connectivity index (χ4n) is 3.27. The summed E-state index contributed by atoms with van der Waals surface area (Å²) >= 11 is 0. The second kappa shape index (κ2) is 6.72. The second-order valence-corrected chi connectivity index (χ2v) is 6.40. The summed E-state index contributed by atoms with van der Waals surface area (Å²) in [5.74, 6) is 0.678. The van der Waals surface area contributed by atoms with Gasteiger partial charge in [-0.05, 0) is 30.2 Å². The maximum Gasteiger partial charge on any atom is 0.255 e. The van der Waals surface area contributed by atoms with Crippen LogP contribution in [0.15, 0.2) is 48.9 Å². The number of fused-ring (bicyclic) bond motifs is 1. The molecule has 26 heavy (non-hydrogen) atoms. The molecule has 4 rings (SSSR count). The Morgan fingerprint density at radius 3 is 2.73 bits per heavy atom. The van der Waals surface area contributed by atoms with Crippen molar-refractivity contribution in [2.75, 3.05) is 20.2 Å². The fourth-order valence-corrected chi connectivity index (χ4v) is 3.27. The van der Waals surface area contributed by atoms with Crippen LogP contribution in [-0.4, -0.2) is 52.2 Å². The largest absolute Gasteiger partial charge is 0.497 e. The number of methoxy groups -OCH3 is 1. The lowest BCUT2D eigenvalue weighted by Crippen LogP contribution is -2.29. The van der Waals surface area contributed by atoms with Crippen molar-refractivity contribution in [3.8, 4) is 16.9 Å². The van der Waals surface area contributed by atoms with Crippen LogP contribution in [0.5, 0.6) is 5.75 Å². The maximum atomic E-state index is 12.7. The highest BCUT2D eigenvalue weighted by Crippen LogP contribution is 2.29. The van der Waals surface area contributed by atoms with Crippen molar-refractivity contribution in [1.82, 2.24) is 14.9 Å². The highest BCUT2D eigenvalue weighted by atomic mass is 16.5. The first-order valence-corrected chi connectivity index (χ1v) is 8.51. The van der Waals surface area contributed by atoms with Gasteiger partial charge in [0, 0.05) is 36.4 Å². The average molecular weight is 349 g/mol. The molecule has 6 nitrogen and oxygen atoms in total. The van der Waals surface area contributed by atoms with Crippen LogP contribution >= 0.6 is 0 Å². The monoisotopic (exact) mass is 349 g/mol. The number of amides is 1. The van der Waals surface area contributed by atoms with Crippen LogP contribution in [0.25, 0.3) is 22.0 Å². The van der Waals surface area contributed by atoms with Crippen molar-refractivity contribution in [2.24, 2.45) is 0 Å². The molecule has 1 aromatic carbocycles. The van der Waals surface area contributed by atoms with Crippen molar-refractivity contribution < 1.29 is 14.6 Å². The van der Waals surface area contributed by atoms with E-state index in [1.165, 1.54) is 0 Å². The molecule has 1 amide bonds. The van der Waals surface area contributed by atoms with Gasteiger partial charge in [-0.2, -0.15) is 0 Å². The minimum absolute atomic E-state index is 0.103. The molecule has 2 aromatic heterocycles. The summed E-state index contributed by atoms with van der Waals surface area (Å²) in [5, 5.41) is 10.5. The molecule has 0 bridgehead atoms. The summed E-state index contributed by atoms with van der Waals surface area (Å²) in [6.45, 7) is 0.943. The van der Waals surface area contributed by atoms with E-state index in [0.717, 1.165) is 27.8 Å². The number of aromatic nitrogens is 2. The van der Waals surface area contributed by atoms with Crippen molar-refractivity contribution in [1.29, 1.82) is 0 Å². The van der Waals surface area contributed by atoms with Crippen LogP contribution in [0.3, 0.4) is 0 Å². The molecule has 0 saturated carbocycles. The van der Waals surface area contributed by atoms with E-state index in [-0.39, 0.29) is 5.91 Å². The Hall–Kier alpha value is -2.99. The number of carbonyl (C=O) groups is 1. The van der Waals surface area contributed by atoms with Gasteiger partial charge in [0.1, 0.15) is 5.75 Å². The number of benzene rings is 1. The molecule has 3 aromatic rings. The number of ether oxygens (including phenoxy) is 1. The molecule has 1 aliphatic rings. The molecular formula is C20H19N3O3. The SMILES string of the molecule is COc1ccc(-c2cncc3ncc(C(=O)N4CCC(O)C4)cc23)cc1. The van der Waals surface area contributed by atoms with Gasteiger partial charge in [0.15, 0.2) is 0 Å². The highest BCUT2D eigenvalue weighted by molar-refractivity contribution is 6.01. The number of pyridine rings is 2. The van der Waals surface area contributed by atoms with Gasteiger partial charge in [-0.25, -0.2) is 0 Å². The van der Waals surface area contributed by atoms with E-state index in [1.54, 1.807) is 30.6 Å². The molecule has 132 valence electrons. The molecule has 1 saturated heterocycles. The van der Waals surface area contributed by atoms with Gasteiger partial charge in [-0.3, -0.25) is 14.8 Å². The van der Waals surface area contributed by atoms with Gasteiger partial charge in [-0.1, -0.05) is 12.1 Å². The normalized spacial score (nSPS) is 16.8. The first-order chi connectivity index (χ1) is 12.7. The number of β-amino-alcohol motifs (C(OH)–C–C–N with tert-alkyl or cyclic N) is 1. The van der Waals surface area contributed by atoms with E-state index < -0.39 is 6.10 Å². The Morgan fingerprint density at radius 1 is 1.23 bits per heavy atom. The predicted octanol–water partition coefficient (Wildman–Crippen LogP) is 2.51. The van der Waals surface area contributed by atoms with E-state index in [9.17, 15) is 9.90 Å². The average Bonchev–Trinajstić information content (AvgIpc) is 3.13. The molecular weight excluding hydrogens is 330 g/mol. The molecule has 3 heterocycles. The third kappa shape index (κ3) is 2.99. The lowest BCUT2D eigenvalue weighted by Gasteiger charge is -2.16. The van der Waals surface area contributed by atoms with E-state index in [4.69, 9.17) is 4.74 Å². The Labute approximate surface area is 151 Å². The first kappa shape index (κ1) is 16.5. The third-order valence-electron chi connectivity index (χ3n) is 4.71. The Morgan fingerprint density at radius 2 is 2.04 bits per heavy atom.